The van der Waals surface area contributed by atoms with Crippen molar-refractivity contribution in [3.63, 3.8) is 0 Å². The summed E-state index contributed by atoms with van der Waals surface area (Å²) in [5.74, 6) is 0.117. The highest BCUT2D eigenvalue weighted by atomic mass is 32.1. The van der Waals surface area contributed by atoms with Gasteiger partial charge >= 0.3 is 5.97 Å². The molecule has 0 fully saturated rings. The smallest absolute Gasteiger partial charge is 0.338 e. The maximum absolute atomic E-state index is 12.3. The van der Waals surface area contributed by atoms with Crippen LogP contribution < -0.4 is 10.3 Å². The molecule has 3 aromatic rings. The summed E-state index contributed by atoms with van der Waals surface area (Å²) in [6.45, 7) is 2.15. The number of aromatic nitrogens is 2. The lowest BCUT2D eigenvalue weighted by Crippen LogP contribution is -2.30. The van der Waals surface area contributed by atoms with Crippen molar-refractivity contribution >= 4 is 27.5 Å². The Morgan fingerprint density at radius 2 is 2.08 bits per heavy atom. The van der Waals surface area contributed by atoms with Gasteiger partial charge in [0.15, 0.2) is 0 Å². The van der Waals surface area contributed by atoms with Gasteiger partial charge in [-0.1, -0.05) is 0 Å². The fraction of sp³-hybridized carbons (Fsp3) is 0.278. The number of hydrogen-bond acceptors (Lipinski definition) is 7. The highest BCUT2D eigenvalue weighted by Gasteiger charge is 2.11. The third-order valence-corrected chi connectivity index (χ3v) is 4.54. The molecule has 26 heavy (non-hydrogen) atoms. The first-order valence-corrected chi connectivity index (χ1v) is 8.97. The van der Waals surface area contributed by atoms with Gasteiger partial charge < -0.3 is 14.6 Å². The average molecular weight is 374 g/mol. The van der Waals surface area contributed by atoms with Crippen molar-refractivity contribution in [1.82, 2.24) is 9.55 Å². The third kappa shape index (κ3) is 4.09. The van der Waals surface area contributed by atoms with E-state index in [-0.39, 0.29) is 18.7 Å². The predicted molar refractivity (Wildman–Crippen MR) is 97.8 cm³/mol. The molecule has 7 nitrogen and oxygen atoms in total. The first kappa shape index (κ1) is 18.1. The van der Waals surface area contributed by atoms with E-state index in [4.69, 9.17) is 9.47 Å². The zero-order chi connectivity index (χ0) is 18.5. The van der Waals surface area contributed by atoms with Crippen LogP contribution in [0.5, 0.6) is 5.75 Å². The molecular formula is C18H18N2O5S. The first-order chi connectivity index (χ1) is 12.6. The lowest BCUT2D eigenvalue weighted by molar-refractivity contribution is 0.0526. The van der Waals surface area contributed by atoms with Crippen LogP contribution in [0, 0.1) is 0 Å². The summed E-state index contributed by atoms with van der Waals surface area (Å²) >= 11 is 1.33. The molecule has 0 saturated heterocycles. The van der Waals surface area contributed by atoms with Gasteiger partial charge in [0, 0.05) is 0 Å². The van der Waals surface area contributed by atoms with Crippen molar-refractivity contribution in [3.05, 3.63) is 58.0 Å². The van der Waals surface area contributed by atoms with Crippen LogP contribution in [0.15, 0.2) is 46.8 Å². The lowest BCUT2D eigenvalue weighted by atomic mass is 10.2. The van der Waals surface area contributed by atoms with Crippen LogP contribution in [0.25, 0.3) is 10.2 Å². The van der Waals surface area contributed by atoms with Gasteiger partial charge in [-0.15, -0.1) is 11.3 Å². The van der Waals surface area contributed by atoms with Gasteiger partial charge in [-0.2, -0.15) is 0 Å². The summed E-state index contributed by atoms with van der Waals surface area (Å²) < 4.78 is 12.4. The molecule has 1 N–H and O–H groups in total. The zero-order valence-corrected chi connectivity index (χ0v) is 14.9. The van der Waals surface area contributed by atoms with Crippen molar-refractivity contribution in [1.29, 1.82) is 0 Å². The van der Waals surface area contributed by atoms with Crippen LogP contribution in [0.4, 0.5) is 0 Å². The molecule has 0 spiro atoms. The number of benzene rings is 1. The van der Waals surface area contributed by atoms with E-state index in [1.54, 1.807) is 37.3 Å². The van der Waals surface area contributed by atoms with Crippen LogP contribution in [0.3, 0.4) is 0 Å². The summed E-state index contributed by atoms with van der Waals surface area (Å²) in [5, 5.41) is 11.9. The largest absolute Gasteiger partial charge is 0.491 e. The van der Waals surface area contributed by atoms with Gasteiger partial charge in [-0.05, 0) is 42.6 Å². The Labute approximate surface area is 153 Å². The van der Waals surface area contributed by atoms with E-state index in [0.717, 1.165) is 0 Å². The standard InChI is InChI=1S/C18H18N2O5S/c1-2-24-18(23)12-3-5-14(6-4-12)25-10-13(21)9-20-11-19-15-7-8-26-16(15)17(20)22/h3-8,11,13,21H,2,9-10H2,1H3. The number of ether oxygens (including phenoxy) is 2. The Balaban J connectivity index is 1.58. The summed E-state index contributed by atoms with van der Waals surface area (Å²) in [5.41, 5.74) is 0.910. The molecule has 0 amide bonds. The SMILES string of the molecule is CCOC(=O)c1ccc(OCC(O)Cn2cnc3ccsc3c2=O)cc1. The Hall–Kier alpha value is -2.71. The normalized spacial score (nSPS) is 12.1. The number of thiophene rings is 1. The monoisotopic (exact) mass is 374 g/mol. The molecule has 1 atom stereocenters. The summed E-state index contributed by atoms with van der Waals surface area (Å²) in [7, 11) is 0. The van der Waals surface area contributed by atoms with Crippen LogP contribution in [0.1, 0.15) is 17.3 Å². The minimum atomic E-state index is -0.878. The highest BCUT2D eigenvalue weighted by Crippen LogP contribution is 2.15. The van der Waals surface area contributed by atoms with Crippen LogP contribution in [-0.2, 0) is 11.3 Å². The van der Waals surface area contributed by atoms with E-state index in [9.17, 15) is 14.7 Å². The number of esters is 1. The van der Waals surface area contributed by atoms with E-state index >= 15 is 0 Å². The van der Waals surface area contributed by atoms with E-state index in [1.165, 1.54) is 22.2 Å². The number of rotatable bonds is 7. The molecule has 1 aromatic carbocycles. The summed E-state index contributed by atoms with van der Waals surface area (Å²) in [6, 6.07) is 8.23. The fourth-order valence-electron chi connectivity index (χ4n) is 2.38. The van der Waals surface area contributed by atoms with E-state index in [2.05, 4.69) is 4.98 Å². The molecule has 2 heterocycles. The summed E-state index contributed by atoms with van der Waals surface area (Å²) in [4.78, 5) is 28.1. The van der Waals surface area contributed by atoms with E-state index in [0.29, 0.717) is 28.1 Å². The van der Waals surface area contributed by atoms with Crippen molar-refractivity contribution < 1.29 is 19.4 Å². The number of carbonyl (C=O) groups excluding carboxylic acids is 1. The molecule has 0 radical (unpaired) electrons. The molecule has 8 heteroatoms. The maximum atomic E-state index is 12.3. The van der Waals surface area contributed by atoms with Crippen molar-refractivity contribution in [3.8, 4) is 5.75 Å². The Morgan fingerprint density at radius 3 is 2.81 bits per heavy atom. The van der Waals surface area contributed by atoms with Crippen molar-refractivity contribution in [2.75, 3.05) is 13.2 Å². The van der Waals surface area contributed by atoms with Gasteiger partial charge in [0.1, 0.15) is 23.2 Å². The lowest BCUT2D eigenvalue weighted by Gasteiger charge is -2.14. The molecule has 0 aliphatic carbocycles. The molecule has 0 aliphatic rings. The topological polar surface area (TPSA) is 90.7 Å². The van der Waals surface area contributed by atoms with Gasteiger partial charge in [-0.25, -0.2) is 9.78 Å². The molecular weight excluding hydrogens is 356 g/mol. The number of aliphatic hydroxyl groups excluding tert-OH is 1. The van der Waals surface area contributed by atoms with Gasteiger partial charge in [-0.3, -0.25) is 9.36 Å². The number of aliphatic hydroxyl groups is 1. The van der Waals surface area contributed by atoms with Gasteiger partial charge in [0.05, 0.1) is 30.6 Å². The Bertz CT molecular complexity index is 948. The molecule has 0 aliphatic heterocycles. The third-order valence-electron chi connectivity index (χ3n) is 3.65. The second-order valence-electron chi connectivity index (χ2n) is 5.55. The second-order valence-corrected chi connectivity index (χ2v) is 6.46. The quantitative estimate of drug-likeness (QED) is 0.637. The Morgan fingerprint density at radius 1 is 1.31 bits per heavy atom. The minimum absolute atomic E-state index is 0.00761. The number of hydrogen-bond donors (Lipinski definition) is 1. The molecule has 136 valence electrons. The minimum Gasteiger partial charge on any atom is -0.491 e. The van der Waals surface area contributed by atoms with Crippen LogP contribution in [-0.4, -0.2) is 39.9 Å². The molecule has 2 aromatic heterocycles. The maximum Gasteiger partial charge on any atom is 0.338 e. The molecule has 0 saturated carbocycles. The number of fused-ring (bicyclic) bond motifs is 1. The molecule has 1 unspecified atom stereocenters. The van der Waals surface area contributed by atoms with Crippen LogP contribution in [0.2, 0.25) is 0 Å². The van der Waals surface area contributed by atoms with Gasteiger partial charge in [0.2, 0.25) is 0 Å². The molecule has 0 bridgehead atoms. The van der Waals surface area contributed by atoms with E-state index in [1.807, 2.05) is 5.38 Å². The summed E-state index contributed by atoms with van der Waals surface area (Å²) in [6.07, 6.45) is 0.547. The number of nitrogens with zero attached hydrogens (tertiary/aromatic N) is 2. The van der Waals surface area contributed by atoms with Crippen molar-refractivity contribution in [2.45, 2.75) is 19.6 Å². The average Bonchev–Trinajstić information content (AvgIpc) is 3.12. The van der Waals surface area contributed by atoms with Crippen LogP contribution >= 0.6 is 11.3 Å². The van der Waals surface area contributed by atoms with E-state index < -0.39 is 12.1 Å². The molecule has 3 rings (SSSR count). The fourth-order valence-corrected chi connectivity index (χ4v) is 3.18. The van der Waals surface area contributed by atoms with Gasteiger partial charge in [0.25, 0.3) is 5.56 Å². The predicted octanol–water partition coefficient (Wildman–Crippen LogP) is 2.07. The Kier molecular flexibility index (Phi) is 5.65. The second kappa shape index (κ2) is 8.11. The zero-order valence-electron chi connectivity index (χ0n) is 14.1. The van der Waals surface area contributed by atoms with Crippen molar-refractivity contribution in [2.24, 2.45) is 0 Å². The first-order valence-electron chi connectivity index (χ1n) is 8.09. The highest BCUT2D eigenvalue weighted by molar-refractivity contribution is 7.17. The number of carbonyl (C=O) groups is 1.